The molecule has 98 valence electrons. The minimum Gasteiger partial charge on any atom is -0.298 e. The molecule has 1 aromatic heterocycles. The monoisotopic (exact) mass is 272 g/mol. The second-order valence-electron chi connectivity index (χ2n) is 4.08. The predicted molar refractivity (Wildman–Crippen MR) is 80.4 cm³/mol. The van der Waals surface area contributed by atoms with Gasteiger partial charge in [-0.2, -0.15) is 0 Å². The maximum Gasteiger partial charge on any atom is 0.249 e. The van der Waals surface area contributed by atoms with Crippen LogP contribution in [-0.2, 0) is 11.2 Å². The van der Waals surface area contributed by atoms with Gasteiger partial charge in [0.05, 0.1) is 5.69 Å². The van der Waals surface area contributed by atoms with Gasteiger partial charge >= 0.3 is 0 Å². The molecule has 0 bridgehead atoms. The maximum atomic E-state index is 11.4. The lowest BCUT2D eigenvalue weighted by molar-refractivity contribution is -0.111. The number of rotatable bonds is 4. The third kappa shape index (κ3) is 3.51. The number of nitrogens with zero attached hydrogens (tertiary/aromatic N) is 1. The smallest absolute Gasteiger partial charge is 0.249 e. The van der Waals surface area contributed by atoms with Crippen LogP contribution in [0, 0.1) is 0 Å². The maximum absolute atomic E-state index is 11.4. The van der Waals surface area contributed by atoms with Gasteiger partial charge in [-0.1, -0.05) is 37.3 Å². The van der Waals surface area contributed by atoms with Gasteiger partial charge in [0.25, 0.3) is 0 Å². The zero-order valence-electron chi connectivity index (χ0n) is 11.0. The Balaban J connectivity index is 2.13. The average molecular weight is 272 g/mol. The van der Waals surface area contributed by atoms with Crippen LogP contribution in [0.1, 0.15) is 19.4 Å². The normalized spacial score (nSPS) is 10.8. The van der Waals surface area contributed by atoms with E-state index < -0.39 is 0 Å². The van der Waals surface area contributed by atoms with Crippen molar-refractivity contribution in [2.45, 2.75) is 20.3 Å². The standard InChI is InChI=1S/C15H16N2OS/c1-3-5-14(18)17-15-16-13(10-19-15)12-8-6-11(4-2)7-9-12/h3,5-10H,4H2,1-2H3,(H,16,17,18). The Morgan fingerprint density at radius 1 is 1.37 bits per heavy atom. The first kappa shape index (κ1) is 13.5. The van der Waals surface area contributed by atoms with Crippen molar-refractivity contribution in [1.82, 2.24) is 4.98 Å². The van der Waals surface area contributed by atoms with Crippen LogP contribution in [0.2, 0.25) is 0 Å². The Hall–Kier alpha value is -1.94. The predicted octanol–water partition coefficient (Wildman–Crippen LogP) is 3.89. The van der Waals surface area contributed by atoms with Crippen molar-refractivity contribution >= 4 is 22.4 Å². The van der Waals surface area contributed by atoms with Gasteiger partial charge in [0, 0.05) is 10.9 Å². The van der Waals surface area contributed by atoms with Crippen molar-refractivity contribution < 1.29 is 4.79 Å². The van der Waals surface area contributed by atoms with E-state index in [9.17, 15) is 4.79 Å². The second kappa shape index (κ2) is 6.29. The topological polar surface area (TPSA) is 42.0 Å². The quantitative estimate of drug-likeness (QED) is 0.858. The zero-order chi connectivity index (χ0) is 13.7. The van der Waals surface area contributed by atoms with E-state index in [2.05, 4.69) is 41.5 Å². The number of hydrogen-bond acceptors (Lipinski definition) is 3. The summed E-state index contributed by atoms with van der Waals surface area (Å²) in [6, 6.07) is 8.33. The molecule has 0 unspecified atom stereocenters. The zero-order valence-corrected chi connectivity index (χ0v) is 11.8. The van der Waals surface area contributed by atoms with Crippen molar-refractivity contribution in [2.24, 2.45) is 0 Å². The van der Waals surface area contributed by atoms with Crippen LogP contribution in [0.3, 0.4) is 0 Å². The van der Waals surface area contributed by atoms with E-state index in [-0.39, 0.29) is 5.91 Å². The van der Waals surface area contributed by atoms with Crippen molar-refractivity contribution in [3.8, 4) is 11.3 Å². The Morgan fingerprint density at radius 3 is 2.74 bits per heavy atom. The van der Waals surface area contributed by atoms with Crippen LogP contribution in [-0.4, -0.2) is 10.9 Å². The number of thiazole rings is 1. The van der Waals surface area contributed by atoms with Crippen molar-refractivity contribution in [1.29, 1.82) is 0 Å². The number of nitrogens with one attached hydrogen (secondary N) is 1. The molecular weight excluding hydrogens is 256 g/mol. The molecule has 19 heavy (non-hydrogen) atoms. The van der Waals surface area contributed by atoms with E-state index in [1.807, 2.05) is 12.3 Å². The molecule has 1 heterocycles. The van der Waals surface area contributed by atoms with Gasteiger partial charge in [-0.25, -0.2) is 4.98 Å². The summed E-state index contributed by atoms with van der Waals surface area (Å²) in [5.74, 6) is -0.148. The fourth-order valence-electron chi connectivity index (χ4n) is 1.67. The molecule has 0 aliphatic heterocycles. The second-order valence-corrected chi connectivity index (χ2v) is 4.94. The summed E-state index contributed by atoms with van der Waals surface area (Å²) in [6.45, 7) is 3.94. The highest BCUT2D eigenvalue weighted by Gasteiger charge is 2.06. The summed E-state index contributed by atoms with van der Waals surface area (Å²) in [7, 11) is 0. The number of anilines is 1. The molecule has 1 N–H and O–H groups in total. The number of hydrogen-bond donors (Lipinski definition) is 1. The average Bonchev–Trinajstić information content (AvgIpc) is 2.87. The minimum absolute atomic E-state index is 0.148. The van der Waals surface area contributed by atoms with Crippen molar-refractivity contribution in [3.05, 3.63) is 47.4 Å². The van der Waals surface area contributed by atoms with Gasteiger partial charge in [0.15, 0.2) is 5.13 Å². The molecule has 2 rings (SSSR count). The molecule has 0 fully saturated rings. The fourth-order valence-corrected chi connectivity index (χ4v) is 2.40. The summed E-state index contributed by atoms with van der Waals surface area (Å²) >= 11 is 1.43. The largest absolute Gasteiger partial charge is 0.298 e. The molecule has 1 amide bonds. The van der Waals surface area contributed by atoms with Crippen LogP contribution in [0.5, 0.6) is 0 Å². The molecule has 2 aromatic rings. The van der Waals surface area contributed by atoms with Gasteiger partial charge < -0.3 is 0 Å². The number of carbonyl (C=O) groups excluding carboxylic acids is 1. The summed E-state index contributed by atoms with van der Waals surface area (Å²) in [5.41, 5.74) is 3.27. The van der Waals surface area contributed by atoms with Crippen molar-refractivity contribution in [2.75, 3.05) is 5.32 Å². The molecule has 0 saturated heterocycles. The van der Waals surface area contributed by atoms with E-state index in [0.717, 1.165) is 17.7 Å². The lowest BCUT2D eigenvalue weighted by atomic mass is 10.1. The number of amides is 1. The Morgan fingerprint density at radius 2 is 2.11 bits per heavy atom. The van der Waals surface area contributed by atoms with E-state index in [1.54, 1.807) is 6.08 Å². The SMILES string of the molecule is CC=CC(=O)Nc1nc(-c2ccc(CC)cc2)cs1. The number of allylic oxidation sites excluding steroid dienone is 1. The van der Waals surface area contributed by atoms with E-state index >= 15 is 0 Å². The highest BCUT2D eigenvalue weighted by atomic mass is 32.1. The van der Waals surface area contributed by atoms with Gasteiger partial charge in [-0.3, -0.25) is 10.1 Å². The summed E-state index contributed by atoms with van der Waals surface area (Å²) in [6.07, 6.45) is 4.21. The van der Waals surface area contributed by atoms with Crippen LogP contribution in [0.4, 0.5) is 5.13 Å². The highest BCUT2D eigenvalue weighted by Crippen LogP contribution is 2.25. The van der Waals surface area contributed by atoms with Crippen LogP contribution < -0.4 is 5.32 Å². The molecule has 0 saturated carbocycles. The third-order valence-corrected chi connectivity index (χ3v) is 3.47. The number of aromatic nitrogens is 1. The molecule has 1 aromatic carbocycles. The van der Waals surface area contributed by atoms with E-state index in [4.69, 9.17) is 0 Å². The number of carbonyl (C=O) groups is 1. The Labute approximate surface area is 117 Å². The molecule has 4 heteroatoms. The number of aryl methyl sites for hydroxylation is 1. The van der Waals surface area contributed by atoms with Crippen LogP contribution in [0.15, 0.2) is 41.8 Å². The first-order chi connectivity index (χ1) is 9.22. The first-order valence-electron chi connectivity index (χ1n) is 6.21. The molecule has 0 spiro atoms. The van der Waals surface area contributed by atoms with Crippen LogP contribution in [0.25, 0.3) is 11.3 Å². The minimum atomic E-state index is -0.148. The highest BCUT2D eigenvalue weighted by molar-refractivity contribution is 7.14. The van der Waals surface area contributed by atoms with Gasteiger partial charge in [-0.05, 0) is 25.0 Å². The van der Waals surface area contributed by atoms with E-state index in [1.165, 1.54) is 23.0 Å². The fraction of sp³-hybridized carbons (Fsp3) is 0.200. The molecule has 0 aliphatic carbocycles. The molecule has 0 aliphatic rings. The summed E-state index contributed by atoms with van der Waals surface area (Å²) in [5, 5.41) is 5.31. The molecule has 0 radical (unpaired) electrons. The van der Waals surface area contributed by atoms with Gasteiger partial charge in [-0.15, -0.1) is 11.3 Å². The molecule has 0 atom stereocenters. The van der Waals surface area contributed by atoms with Gasteiger partial charge in [0.1, 0.15) is 0 Å². The van der Waals surface area contributed by atoms with E-state index in [0.29, 0.717) is 5.13 Å². The van der Waals surface area contributed by atoms with Gasteiger partial charge in [0.2, 0.25) is 5.91 Å². The number of benzene rings is 1. The molecular formula is C15H16N2OS. The van der Waals surface area contributed by atoms with Crippen molar-refractivity contribution in [3.63, 3.8) is 0 Å². The Bertz CT molecular complexity index is 584. The first-order valence-corrected chi connectivity index (χ1v) is 7.09. The summed E-state index contributed by atoms with van der Waals surface area (Å²) in [4.78, 5) is 15.8. The lowest BCUT2D eigenvalue weighted by Gasteiger charge is -1.99. The lowest BCUT2D eigenvalue weighted by Crippen LogP contribution is -2.07. The Kier molecular flexibility index (Phi) is 4.47. The third-order valence-electron chi connectivity index (χ3n) is 2.71. The summed E-state index contributed by atoms with van der Waals surface area (Å²) < 4.78 is 0. The van der Waals surface area contributed by atoms with Crippen LogP contribution >= 0.6 is 11.3 Å². The molecule has 3 nitrogen and oxygen atoms in total.